The molecule has 0 heterocycles. The molecular weight excluding hydrogens is 258 g/mol. The molecule has 20 heavy (non-hydrogen) atoms. The second kappa shape index (κ2) is 7.33. The zero-order valence-corrected chi connectivity index (χ0v) is 11.9. The third-order valence-electron chi connectivity index (χ3n) is 2.96. The van der Waals surface area contributed by atoms with E-state index in [9.17, 15) is 9.59 Å². The van der Waals surface area contributed by atoms with E-state index in [1.807, 2.05) is 19.9 Å². The molecule has 0 aliphatic heterocycles. The maximum atomic E-state index is 11.9. The van der Waals surface area contributed by atoms with Gasteiger partial charge >= 0.3 is 5.97 Å². The van der Waals surface area contributed by atoms with Gasteiger partial charge in [0.1, 0.15) is 5.75 Å². The Hall–Kier alpha value is -2.30. The summed E-state index contributed by atoms with van der Waals surface area (Å²) in [6, 6.07) is 5.27. The van der Waals surface area contributed by atoms with Crippen LogP contribution in [0.1, 0.15) is 24.2 Å². The number of carboxylic acids is 1. The maximum absolute atomic E-state index is 11.9. The molecule has 0 atom stereocenters. The molecule has 0 aliphatic carbocycles. The Kier molecular flexibility index (Phi) is 5.77. The van der Waals surface area contributed by atoms with Gasteiger partial charge in [-0.2, -0.15) is 0 Å². The molecule has 0 fully saturated rings. The van der Waals surface area contributed by atoms with E-state index in [0.717, 1.165) is 30.9 Å². The molecule has 0 radical (unpaired) electrons. The van der Waals surface area contributed by atoms with Gasteiger partial charge in [-0.25, -0.2) is 4.79 Å². The fraction of sp³-hybridized carbons (Fsp3) is 0.333. The van der Waals surface area contributed by atoms with Crippen molar-refractivity contribution in [2.45, 2.75) is 13.8 Å². The number of hydrogen-bond acceptors (Lipinski definition) is 4. The van der Waals surface area contributed by atoms with Crippen LogP contribution in [0.2, 0.25) is 0 Å². The molecule has 5 heteroatoms. The average molecular weight is 277 g/mol. The van der Waals surface area contributed by atoms with Gasteiger partial charge in [0.15, 0.2) is 5.78 Å². The number of allylic oxidation sites excluding steroid dienone is 1. The molecular formula is C15H19NO4. The summed E-state index contributed by atoms with van der Waals surface area (Å²) in [7, 11) is 1.49. The van der Waals surface area contributed by atoms with Crippen molar-refractivity contribution in [3.05, 3.63) is 35.9 Å². The van der Waals surface area contributed by atoms with E-state index < -0.39 is 11.8 Å². The highest BCUT2D eigenvalue weighted by Gasteiger charge is 2.12. The average Bonchev–Trinajstić information content (AvgIpc) is 2.45. The third-order valence-corrected chi connectivity index (χ3v) is 2.96. The first-order valence-corrected chi connectivity index (χ1v) is 6.41. The summed E-state index contributed by atoms with van der Waals surface area (Å²) in [5, 5.41) is 8.54. The summed E-state index contributed by atoms with van der Waals surface area (Å²) in [6.45, 7) is 5.80. The molecule has 0 aromatic heterocycles. The number of hydrogen-bond donors (Lipinski definition) is 1. The molecule has 1 aromatic rings. The molecule has 1 N–H and O–H groups in total. The summed E-state index contributed by atoms with van der Waals surface area (Å²) < 4.78 is 5.22. The highest BCUT2D eigenvalue weighted by molar-refractivity contribution is 6.08. The minimum Gasteiger partial charge on any atom is -0.496 e. The van der Waals surface area contributed by atoms with Gasteiger partial charge < -0.3 is 14.7 Å². The van der Waals surface area contributed by atoms with E-state index in [1.165, 1.54) is 7.11 Å². The molecule has 0 saturated heterocycles. The summed E-state index contributed by atoms with van der Waals surface area (Å²) in [5.41, 5.74) is 1.31. The van der Waals surface area contributed by atoms with Crippen molar-refractivity contribution in [3.63, 3.8) is 0 Å². The molecule has 0 unspecified atom stereocenters. The minimum absolute atomic E-state index is 0.348. The van der Waals surface area contributed by atoms with Crippen LogP contribution < -0.4 is 9.64 Å². The smallest absolute Gasteiger partial charge is 0.328 e. The highest BCUT2D eigenvalue weighted by Crippen LogP contribution is 2.26. The van der Waals surface area contributed by atoms with Crippen molar-refractivity contribution < 1.29 is 19.4 Å². The zero-order valence-electron chi connectivity index (χ0n) is 11.9. The SMILES string of the molecule is CCN(CC)c1ccc(C(=O)/C=C/C(=O)O)c(OC)c1. The van der Waals surface area contributed by atoms with Crippen molar-refractivity contribution in [3.8, 4) is 5.75 Å². The lowest BCUT2D eigenvalue weighted by molar-refractivity contribution is -0.131. The van der Waals surface area contributed by atoms with Gasteiger partial charge in [-0.3, -0.25) is 4.79 Å². The number of nitrogens with zero attached hydrogens (tertiary/aromatic N) is 1. The lowest BCUT2D eigenvalue weighted by Crippen LogP contribution is -2.21. The van der Waals surface area contributed by atoms with Gasteiger partial charge in [0.25, 0.3) is 0 Å². The number of benzene rings is 1. The topological polar surface area (TPSA) is 66.8 Å². The third kappa shape index (κ3) is 3.85. The van der Waals surface area contributed by atoms with Crippen molar-refractivity contribution in [2.75, 3.05) is 25.1 Å². The molecule has 0 bridgehead atoms. The Morgan fingerprint density at radius 2 is 1.90 bits per heavy atom. The highest BCUT2D eigenvalue weighted by atomic mass is 16.5. The monoisotopic (exact) mass is 277 g/mol. The first-order valence-electron chi connectivity index (χ1n) is 6.41. The molecule has 0 saturated carbocycles. The van der Waals surface area contributed by atoms with Crippen LogP contribution in [0.15, 0.2) is 30.4 Å². The van der Waals surface area contributed by atoms with Gasteiger partial charge in [0.05, 0.1) is 12.7 Å². The number of ketones is 1. The van der Waals surface area contributed by atoms with Gasteiger partial charge in [0.2, 0.25) is 0 Å². The van der Waals surface area contributed by atoms with Crippen LogP contribution in [-0.2, 0) is 4.79 Å². The van der Waals surface area contributed by atoms with Crippen LogP contribution in [0, 0.1) is 0 Å². The van der Waals surface area contributed by atoms with Crippen molar-refractivity contribution >= 4 is 17.4 Å². The van der Waals surface area contributed by atoms with Gasteiger partial charge in [-0.15, -0.1) is 0 Å². The van der Waals surface area contributed by atoms with Crippen LogP contribution in [0.3, 0.4) is 0 Å². The molecule has 5 nitrogen and oxygen atoms in total. The van der Waals surface area contributed by atoms with Crippen molar-refractivity contribution in [1.82, 2.24) is 0 Å². The lowest BCUT2D eigenvalue weighted by atomic mass is 10.1. The zero-order chi connectivity index (χ0) is 15.1. The van der Waals surface area contributed by atoms with E-state index in [0.29, 0.717) is 11.3 Å². The molecule has 108 valence electrons. The fourth-order valence-electron chi connectivity index (χ4n) is 1.91. The van der Waals surface area contributed by atoms with Gasteiger partial charge in [0, 0.05) is 30.9 Å². The van der Waals surface area contributed by atoms with E-state index in [-0.39, 0.29) is 0 Å². The Morgan fingerprint density at radius 3 is 2.40 bits per heavy atom. The first kappa shape index (κ1) is 15.8. The summed E-state index contributed by atoms with van der Waals surface area (Å²) in [4.78, 5) is 24.5. The summed E-state index contributed by atoms with van der Waals surface area (Å²) in [6.07, 6.45) is 1.84. The van der Waals surface area contributed by atoms with Crippen LogP contribution in [0.5, 0.6) is 5.75 Å². The Balaban J connectivity index is 3.10. The van der Waals surface area contributed by atoms with Crippen LogP contribution in [0.25, 0.3) is 0 Å². The van der Waals surface area contributed by atoms with E-state index in [1.54, 1.807) is 12.1 Å². The normalized spacial score (nSPS) is 10.6. The number of carbonyl (C=O) groups is 2. The number of ether oxygens (including phenoxy) is 1. The maximum Gasteiger partial charge on any atom is 0.328 e. The van der Waals surface area contributed by atoms with Gasteiger partial charge in [-0.1, -0.05) is 0 Å². The molecule has 0 aliphatic rings. The Morgan fingerprint density at radius 1 is 1.25 bits per heavy atom. The molecule has 0 amide bonds. The quantitative estimate of drug-likeness (QED) is 0.612. The number of aliphatic carboxylic acids is 1. The largest absolute Gasteiger partial charge is 0.496 e. The van der Waals surface area contributed by atoms with Crippen molar-refractivity contribution in [2.24, 2.45) is 0 Å². The standard InChI is InChI=1S/C15H19NO4/c1-4-16(5-2)11-6-7-12(14(10-11)20-3)13(17)8-9-15(18)19/h6-10H,4-5H2,1-3H3,(H,18,19)/b9-8+. The Bertz CT molecular complexity index is 519. The number of carboxylic acid groups (broad SMARTS) is 1. The molecule has 0 spiro atoms. The van der Waals surface area contributed by atoms with Crippen LogP contribution in [0.4, 0.5) is 5.69 Å². The number of anilines is 1. The van der Waals surface area contributed by atoms with E-state index >= 15 is 0 Å². The predicted molar refractivity (Wildman–Crippen MR) is 77.7 cm³/mol. The minimum atomic E-state index is -1.16. The van der Waals surface area contributed by atoms with Crippen LogP contribution in [-0.4, -0.2) is 37.1 Å². The van der Waals surface area contributed by atoms with Crippen LogP contribution >= 0.6 is 0 Å². The Labute approximate surface area is 118 Å². The number of rotatable bonds is 7. The second-order valence-corrected chi connectivity index (χ2v) is 4.09. The molecule has 1 rings (SSSR count). The number of carbonyl (C=O) groups excluding carboxylic acids is 1. The fourth-order valence-corrected chi connectivity index (χ4v) is 1.91. The number of methoxy groups -OCH3 is 1. The van der Waals surface area contributed by atoms with E-state index in [2.05, 4.69) is 4.90 Å². The van der Waals surface area contributed by atoms with Crippen molar-refractivity contribution in [1.29, 1.82) is 0 Å². The first-order chi connectivity index (χ1) is 9.53. The van der Waals surface area contributed by atoms with Gasteiger partial charge in [-0.05, 0) is 32.1 Å². The summed E-state index contributed by atoms with van der Waals surface area (Å²) in [5.74, 6) is -1.11. The second-order valence-electron chi connectivity index (χ2n) is 4.09. The predicted octanol–water partition coefficient (Wildman–Crippen LogP) is 2.36. The molecule has 1 aromatic carbocycles. The lowest BCUT2D eigenvalue weighted by Gasteiger charge is -2.22. The van der Waals surface area contributed by atoms with E-state index in [4.69, 9.17) is 9.84 Å². The summed E-state index contributed by atoms with van der Waals surface area (Å²) >= 11 is 0.